The van der Waals surface area contributed by atoms with E-state index in [1.165, 1.54) is 89.9 Å². The molecule has 3 nitrogen and oxygen atoms in total. The van der Waals surface area contributed by atoms with Gasteiger partial charge in [-0.2, -0.15) is 12.6 Å². The van der Waals surface area contributed by atoms with E-state index < -0.39 is 0 Å². The maximum atomic E-state index is 10.5. The molecule has 0 bridgehead atoms. The second-order valence-corrected chi connectivity index (χ2v) is 10.1. The Morgan fingerprint density at radius 1 is 0.548 bits per heavy atom. The summed E-state index contributed by atoms with van der Waals surface area (Å²) in [6.45, 7) is 6.83. The van der Waals surface area contributed by atoms with Gasteiger partial charge in [-0.05, 0) is 31.6 Å². The predicted octanol–water partition coefficient (Wildman–Crippen LogP) is 7.39. The zero-order valence-corrected chi connectivity index (χ0v) is 22.1. The second kappa shape index (κ2) is 24.9. The SMILES string of the molecule is CCCCCCCCCCC(O)CN(CCCS)CC(O)CCCCCCCCCC. The Hall–Kier alpha value is 0.230. The van der Waals surface area contributed by atoms with Crippen LogP contribution in [0.2, 0.25) is 0 Å². The highest BCUT2D eigenvalue weighted by Crippen LogP contribution is 2.13. The standard InChI is InChI=1S/C27H57NO2S/c1-3-5-7-9-11-13-15-17-20-26(29)24-28(22-19-23-31)25-27(30)21-18-16-14-12-10-8-6-4-2/h26-27,29-31H,3-25H2,1-2H3. The van der Waals surface area contributed by atoms with E-state index >= 15 is 0 Å². The number of aliphatic hydroxyl groups excluding tert-OH is 2. The molecule has 0 aromatic rings. The predicted molar refractivity (Wildman–Crippen MR) is 141 cm³/mol. The first-order valence-electron chi connectivity index (χ1n) is 13.8. The van der Waals surface area contributed by atoms with E-state index in [2.05, 4.69) is 31.4 Å². The molecule has 0 saturated carbocycles. The van der Waals surface area contributed by atoms with Crippen molar-refractivity contribution < 1.29 is 10.2 Å². The lowest BCUT2D eigenvalue weighted by atomic mass is 10.0. The average Bonchev–Trinajstić information content (AvgIpc) is 2.75. The van der Waals surface area contributed by atoms with Crippen LogP contribution in [0.25, 0.3) is 0 Å². The van der Waals surface area contributed by atoms with Crippen molar-refractivity contribution in [1.82, 2.24) is 4.90 Å². The minimum absolute atomic E-state index is 0.268. The van der Waals surface area contributed by atoms with Gasteiger partial charge in [0.15, 0.2) is 0 Å². The van der Waals surface area contributed by atoms with Crippen molar-refractivity contribution in [1.29, 1.82) is 0 Å². The van der Waals surface area contributed by atoms with E-state index in [1.807, 2.05) is 0 Å². The van der Waals surface area contributed by atoms with Crippen LogP contribution in [0, 0.1) is 0 Å². The first-order valence-corrected chi connectivity index (χ1v) is 14.5. The molecule has 0 aliphatic rings. The number of hydrogen-bond acceptors (Lipinski definition) is 4. The van der Waals surface area contributed by atoms with E-state index in [-0.39, 0.29) is 12.2 Å². The molecular formula is C27H57NO2S. The lowest BCUT2D eigenvalue weighted by Crippen LogP contribution is -2.38. The summed E-state index contributed by atoms with van der Waals surface area (Å²) in [6, 6.07) is 0. The van der Waals surface area contributed by atoms with Crippen LogP contribution in [-0.4, -0.2) is 52.7 Å². The molecule has 188 valence electrons. The van der Waals surface area contributed by atoms with Crippen molar-refractivity contribution in [3.63, 3.8) is 0 Å². The second-order valence-electron chi connectivity index (χ2n) is 9.67. The monoisotopic (exact) mass is 459 g/mol. The number of nitrogens with zero attached hydrogens (tertiary/aromatic N) is 1. The van der Waals surface area contributed by atoms with Gasteiger partial charge in [-0.1, -0.05) is 117 Å². The van der Waals surface area contributed by atoms with Gasteiger partial charge >= 0.3 is 0 Å². The van der Waals surface area contributed by atoms with Crippen LogP contribution in [0.5, 0.6) is 0 Å². The molecular weight excluding hydrogens is 402 g/mol. The number of rotatable bonds is 25. The van der Waals surface area contributed by atoms with Crippen LogP contribution in [-0.2, 0) is 0 Å². The maximum absolute atomic E-state index is 10.5. The van der Waals surface area contributed by atoms with Crippen LogP contribution >= 0.6 is 12.6 Å². The molecule has 0 rings (SSSR count). The van der Waals surface area contributed by atoms with E-state index in [0.29, 0.717) is 13.1 Å². The first-order chi connectivity index (χ1) is 15.1. The summed E-state index contributed by atoms with van der Waals surface area (Å²) in [5, 5.41) is 21.0. The van der Waals surface area contributed by atoms with E-state index in [0.717, 1.165) is 44.4 Å². The van der Waals surface area contributed by atoms with Crippen LogP contribution in [0.15, 0.2) is 0 Å². The molecule has 31 heavy (non-hydrogen) atoms. The quantitative estimate of drug-likeness (QED) is 0.0984. The fourth-order valence-electron chi connectivity index (χ4n) is 4.36. The molecule has 2 atom stereocenters. The van der Waals surface area contributed by atoms with E-state index in [4.69, 9.17) is 0 Å². The largest absolute Gasteiger partial charge is 0.392 e. The van der Waals surface area contributed by atoms with Gasteiger partial charge in [0.1, 0.15) is 0 Å². The highest BCUT2D eigenvalue weighted by Gasteiger charge is 2.15. The van der Waals surface area contributed by atoms with E-state index in [9.17, 15) is 10.2 Å². The number of unbranched alkanes of at least 4 members (excludes halogenated alkanes) is 14. The fourth-order valence-corrected chi connectivity index (χ4v) is 4.50. The van der Waals surface area contributed by atoms with E-state index in [1.54, 1.807) is 0 Å². The van der Waals surface area contributed by atoms with Gasteiger partial charge in [-0.15, -0.1) is 0 Å². The molecule has 0 aliphatic carbocycles. The summed E-state index contributed by atoms with van der Waals surface area (Å²) < 4.78 is 0. The highest BCUT2D eigenvalue weighted by atomic mass is 32.1. The minimum atomic E-state index is -0.268. The normalized spacial score (nSPS) is 13.7. The molecule has 0 saturated heterocycles. The van der Waals surface area contributed by atoms with Crippen molar-refractivity contribution >= 4 is 12.6 Å². The molecule has 0 aromatic carbocycles. The Balaban J connectivity index is 3.88. The lowest BCUT2D eigenvalue weighted by molar-refractivity contribution is 0.0607. The Morgan fingerprint density at radius 2 is 0.903 bits per heavy atom. The number of hydrogen-bond donors (Lipinski definition) is 3. The summed E-state index contributed by atoms with van der Waals surface area (Å²) in [6.07, 6.45) is 23.1. The summed E-state index contributed by atoms with van der Waals surface area (Å²) in [7, 11) is 0. The highest BCUT2D eigenvalue weighted by molar-refractivity contribution is 7.80. The summed E-state index contributed by atoms with van der Waals surface area (Å²) >= 11 is 4.34. The van der Waals surface area contributed by atoms with Crippen molar-refractivity contribution in [3.05, 3.63) is 0 Å². The Bertz CT molecular complexity index is 315. The van der Waals surface area contributed by atoms with Gasteiger partial charge in [0.05, 0.1) is 12.2 Å². The third kappa shape index (κ3) is 23.2. The van der Waals surface area contributed by atoms with Gasteiger partial charge in [0, 0.05) is 13.1 Å². The number of aliphatic hydroxyl groups is 2. The maximum Gasteiger partial charge on any atom is 0.0667 e. The van der Waals surface area contributed by atoms with Crippen molar-refractivity contribution in [2.24, 2.45) is 0 Å². The zero-order chi connectivity index (χ0) is 23.0. The Morgan fingerprint density at radius 3 is 1.26 bits per heavy atom. The lowest BCUT2D eigenvalue weighted by Gasteiger charge is -2.27. The van der Waals surface area contributed by atoms with Gasteiger partial charge < -0.3 is 10.2 Å². The molecule has 2 unspecified atom stereocenters. The third-order valence-electron chi connectivity index (χ3n) is 6.35. The van der Waals surface area contributed by atoms with Crippen LogP contribution in [0.4, 0.5) is 0 Å². The first kappa shape index (κ1) is 31.2. The van der Waals surface area contributed by atoms with Crippen LogP contribution in [0.3, 0.4) is 0 Å². The average molecular weight is 460 g/mol. The van der Waals surface area contributed by atoms with Crippen LogP contribution in [0.1, 0.15) is 136 Å². The smallest absolute Gasteiger partial charge is 0.0667 e. The van der Waals surface area contributed by atoms with Gasteiger partial charge in [-0.25, -0.2) is 0 Å². The molecule has 0 radical (unpaired) electrons. The molecule has 0 aliphatic heterocycles. The molecule has 0 spiro atoms. The summed E-state index contributed by atoms with van der Waals surface area (Å²) in [5.74, 6) is 0.860. The van der Waals surface area contributed by atoms with Crippen molar-refractivity contribution in [3.8, 4) is 0 Å². The van der Waals surface area contributed by atoms with Crippen LogP contribution < -0.4 is 0 Å². The van der Waals surface area contributed by atoms with Gasteiger partial charge in [-0.3, -0.25) is 4.90 Å². The molecule has 4 heteroatoms. The topological polar surface area (TPSA) is 43.7 Å². The summed E-state index contributed by atoms with van der Waals surface area (Å²) in [4.78, 5) is 2.26. The molecule has 0 fully saturated rings. The molecule has 2 N–H and O–H groups in total. The van der Waals surface area contributed by atoms with Crippen molar-refractivity contribution in [2.45, 2.75) is 148 Å². The molecule has 0 aromatic heterocycles. The Kier molecular flexibility index (Phi) is 25.0. The van der Waals surface area contributed by atoms with Crippen molar-refractivity contribution in [2.75, 3.05) is 25.4 Å². The third-order valence-corrected chi connectivity index (χ3v) is 6.67. The number of thiol groups is 1. The zero-order valence-electron chi connectivity index (χ0n) is 21.2. The van der Waals surface area contributed by atoms with Gasteiger partial charge in [0.25, 0.3) is 0 Å². The summed E-state index contributed by atoms with van der Waals surface area (Å²) in [5.41, 5.74) is 0. The van der Waals surface area contributed by atoms with Gasteiger partial charge in [0.2, 0.25) is 0 Å². The Labute approximate surface area is 201 Å². The fraction of sp³-hybridized carbons (Fsp3) is 1.00. The molecule has 0 heterocycles. The molecule has 0 amide bonds. The minimum Gasteiger partial charge on any atom is -0.392 e.